The molecule has 21 heavy (non-hydrogen) atoms. The summed E-state index contributed by atoms with van der Waals surface area (Å²) in [5, 5.41) is 8.22. The Morgan fingerprint density at radius 1 is 1.52 bits per heavy atom. The third kappa shape index (κ3) is 2.85. The van der Waals surface area contributed by atoms with E-state index in [4.69, 9.17) is 9.47 Å². The van der Waals surface area contributed by atoms with Gasteiger partial charge in [-0.25, -0.2) is 4.79 Å². The standard InChI is InChI=1S/C11H14F2O7S/c1-9(18-8(15)11(12,13)21-20-19-16)4-3-6-5-10(9,2)17-7(6)14/h6,16H,3-5H2,1-2H3/p-1. The van der Waals surface area contributed by atoms with Gasteiger partial charge in [0.05, 0.1) is 5.92 Å². The predicted molar refractivity (Wildman–Crippen MR) is 61.0 cm³/mol. The lowest BCUT2D eigenvalue weighted by molar-refractivity contribution is -0.777. The third-order valence-electron chi connectivity index (χ3n) is 4.11. The molecule has 3 atom stereocenters. The average Bonchev–Trinajstić information content (AvgIpc) is 2.66. The first-order valence-corrected chi connectivity index (χ1v) is 6.86. The Balaban J connectivity index is 2.11. The Morgan fingerprint density at radius 3 is 2.81 bits per heavy atom. The molecule has 2 aliphatic rings. The van der Waals surface area contributed by atoms with Gasteiger partial charge in [-0.05, 0) is 26.7 Å². The highest BCUT2D eigenvalue weighted by Crippen LogP contribution is 2.50. The maximum absolute atomic E-state index is 13.4. The Labute approximate surface area is 122 Å². The van der Waals surface area contributed by atoms with Gasteiger partial charge in [0.15, 0.2) is 0 Å². The molecule has 0 amide bonds. The Hall–Kier alpha value is -0.970. The molecule has 1 saturated heterocycles. The average molecular weight is 327 g/mol. The lowest BCUT2D eigenvalue weighted by atomic mass is 9.71. The summed E-state index contributed by atoms with van der Waals surface area (Å²) in [7, 11) is 0. The number of carbonyl (C=O) groups excluding carboxylic acids is 2. The normalized spacial score (nSPS) is 35.5. The van der Waals surface area contributed by atoms with Crippen molar-refractivity contribution in [3.8, 4) is 0 Å². The van der Waals surface area contributed by atoms with E-state index < -0.39 is 40.4 Å². The van der Waals surface area contributed by atoms with Crippen LogP contribution in [-0.2, 0) is 28.4 Å². The summed E-state index contributed by atoms with van der Waals surface area (Å²) >= 11 is -0.758. The van der Waals surface area contributed by atoms with Gasteiger partial charge in [-0.3, -0.25) is 9.83 Å². The van der Waals surface area contributed by atoms with Gasteiger partial charge in [-0.2, -0.15) is 13.1 Å². The monoisotopic (exact) mass is 327 g/mol. The van der Waals surface area contributed by atoms with Gasteiger partial charge in [0.1, 0.15) is 23.2 Å². The second-order valence-electron chi connectivity index (χ2n) is 5.45. The molecule has 2 rings (SSSR count). The lowest BCUT2D eigenvalue weighted by Gasteiger charge is -2.44. The molecule has 1 aliphatic carbocycles. The maximum Gasteiger partial charge on any atom is 0.415 e. The van der Waals surface area contributed by atoms with Gasteiger partial charge in [0.25, 0.3) is 0 Å². The summed E-state index contributed by atoms with van der Waals surface area (Å²) in [6.07, 6.45) is 0.900. The number of carbonyl (C=O) groups is 2. The van der Waals surface area contributed by atoms with Crippen molar-refractivity contribution in [2.24, 2.45) is 5.92 Å². The molecule has 0 aromatic carbocycles. The molecule has 0 spiro atoms. The van der Waals surface area contributed by atoms with Crippen molar-refractivity contribution in [3.05, 3.63) is 0 Å². The number of alkyl halides is 2. The molecule has 1 saturated carbocycles. The highest BCUT2D eigenvalue weighted by atomic mass is 32.2. The molecule has 10 heteroatoms. The van der Waals surface area contributed by atoms with E-state index in [0.29, 0.717) is 12.8 Å². The SMILES string of the molecule is CC12CC(CCC1(C)OC(=O)C(F)(F)SOO[O-])C(=O)O2. The minimum atomic E-state index is -4.12. The van der Waals surface area contributed by atoms with Gasteiger partial charge in [0.2, 0.25) is 0 Å². The molecule has 0 radical (unpaired) electrons. The molecule has 120 valence electrons. The smallest absolute Gasteiger partial charge is 0.415 e. The molecular weight excluding hydrogens is 314 g/mol. The first-order valence-electron chi connectivity index (χ1n) is 6.12. The van der Waals surface area contributed by atoms with E-state index in [-0.39, 0.29) is 12.3 Å². The van der Waals surface area contributed by atoms with E-state index in [1.807, 2.05) is 0 Å². The Morgan fingerprint density at radius 2 is 2.19 bits per heavy atom. The predicted octanol–water partition coefficient (Wildman–Crippen LogP) is 0.868. The van der Waals surface area contributed by atoms with Crippen molar-refractivity contribution in [2.75, 3.05) is 0 Å². The van der Waals surface area contributed by atoms with Crippen molar-refractivity contribution < 1.29 is 42.5 Å². The minimum absolute atomic E-state index is 0.214. The summed E-state index contributed by atoms with van der Waals surface area (Å²) in [4.78, 5) is 23.2. The van der Waals surface area contributed by atoms with Crippen LogP contribution >= 0.6 is 12.0 Å². The summed E-state index contributed by atoms with van der Waals surface area (Å²) in [5.41, 5.74) is -2.53. The third-order valence-corrected chi connectivity index (χ3v) is 4.61. The van der Waals surface area contributed by atoms with Crippen LogP contribution in [0.1, 0.15) is 33.1 Å². The molecule has 0 aromatic rings. The number of fused-ring (bicyclic) bond motifs is 2. The highest BCUT2D eigenvalue weighted by Gasteiger charge is 2.62. The lowest BCUT2D eigenvalue weighted by Crippen LogP contribution is -2.55. The maximum atomic E-state index is 13.4. The number of halogens is 2. The fourth-order valence-electron chi connectivity index (χ4n) is 2.67. The zero-order chi connectivity index (χ0) is 15.9. The summed E-state index contributed by atoms with van der Waals surface area (Å²) in [5.74, 6) is -2.61. The first-order chi connectivity index (χ1) is 9.63. The van der Waals surface area contributed by atoms with Gasteiger partial charge < -0.3 is 14.7 Å². The van der Waals surface area contributed by atoms with Crippen LogP contribution in [0.2, 0.25) is 0 Å². The zero-order valence-electron chi connectivity index (χ0n) is 11.2. The van der Waals surface area contributed by atoms with Crippen molar-refractivity contribution >= 4 is 24.0 Å². The van der Waals surface area contributed by atoms with Crippen LogP contribution in [0.3, 0.4) is 0 Å². The minimum Gasteiger partial charge on any atom is -0.691 e. The van der Waals surface area contributed by atoms with Crippen LogP contribution in [0, 0.1) is 5.92 Å². The van der Waals surface area contributed by atoms with Crippen LogP contribution in [0.15, 0.2) is 0 Å². The van der Waals surface area contributed by atoms with E-state index in [0.717, 1.165) is 0 Å². The van der Waals surface area contributed by atoms with Crippen molar-refractivity contribution in [2.45, 2.75) is 49.6 Å². The fourth-order valence-corrected chi connectivity index (χ4v) is 2.89. The van der Waals surface area contributed by atoms with Crippen molar-refractivity contribution in [1.82, 2.24) is 0 Å². The van der Waals surface area contributed by atoms with E-state index in [9.17, 15) is 23.6 Å². The topological polar surface area (TPSA) is 94.1 Å². The van der Waals surface area contributed by atoms with Gasteiger partial charge >= 0.3 is 17.2 Å². The van der Waals surface area contributed by atoms with Gasteiger partial charge in [-0.15, -0.1) is 0 Å². The van der Waals surface area contributed by atoms with Crippen LogP contribution in [0.5, 0.6) is 0 Å². The van der Waals surface area contributed by atoms with E-state index in [1.165, 1.54) is 6.92 Å². The van der Waals surface area contributed by atoms with Gasteiger partial charge in [-0.1, -0.05) is 0 Å². The molecule has 2 bridgehead atoms. The number of hydrogen-bond donors (Lipinski definition) is 0. The molecule has 3 unspecified atom stereocenters. The summed E-state index contributed by atoms with van der Waals surface area (Å²) < 4.78 is 40.4. The number of esters is 2. The molecule has 2 fully saturated rings. The van der Waals surface area contributed by atoms with Crippen LogP contribution in [0.25, 0.3) is 0 Å². The number of hydrogen-bond acceptors (Lipinski definition) is 8. The van der Waals surface area contributed by atoms with Crippen LogP contribution in [0.4, 0.5) is 8.78 Å². The Kier molecular flexibility index (Phi) is 4.17. The van der Waals surface area contributed by atoms with E-state index in [1.54, 1.807) is 6.92 Å². The van der Waals surface area contributed by atoms with E-state index >= 15 is 0 Å². The van der Waals surface area contributed by atoms with Crippen molar-refractivity contribution in [1.29, 1.82) is 0 Å². The molecule has 1 aliphatic heterocycles. The fraction of sp³-hybridized carbons (Fsp3) is 0.818. The first kappa shape index (κ1) is 16.4. The second kappa shape index (κ2) is 5.34. The van der Waals surface area contributed by atoms with Crippen LogP contribution in [-0.4, -0.2) is 28.4 Å². The molecule has 7 nitrogen and oxygen atoms in total. The molecule has 0 N–H and O–H groups in total. The second-order valence-corrected chi connectivity index (χ2v) is 6.26. The van der Waals surface area contributed by atoms with Gasteiger partial charge in [0, 0.05) is 6.42 Å². The molecule has 1 heterocycles. The summed E-state index contributed by atoms with van der Waals surface area (Å²) in [6, 6.07) is 0. The summed E-state index contributed by atoms with van der Waals surface area (Å²) in [6.45, 7) is 2.98. The molecule has 0 aromatic heterocycles. The Bertz CT molecular complexity index is 460. The quantitative estimate of drug-likeness (QED) is 0.318. The largest absolute Gasteiger partial charge is 0.691 e. The zero-order valence-corrected chi connectivity index (χ0v) is 12.0. The van der Waals surface area contributed by atoms with Crippen molar-refractivity contribution in [3.63, 3.8) is 0 Å². The van der Waals surface area contributed by atoms with Crippen LogP contribution < -0.4 is 5.26 Å². The number of rotatable bonds is 5. The van der Waals surface area contributed by atoms with E-state index in [2.05, 4.69) is 9.37 Å². The highest BCUT2D eigenvalue weighted by molar-refractivity contribution is 7.96. The molecular formula is C11H13F2O7S-. The number of ether oxygens (including phenoxy) is 2.